The summed E-state index contributed by atoms with van der Waals surface area (Å²) in [6.07, 6.45) is 10.5. The Morgan fingerprint density at radius 3 is 2.54 bits per heavy atom. The van der Waals surface area contributed by atoms with Gasteiger partial charge in [-0.25, -0.2) is 0 Å². The molecular formula is C23H36O3. The molecule has 3 nitrogen and oxygen atoms in total. The normalized spacial score (nSPS) is 50.1. The van der Waals surface area contributed by atoms with Gasteiger partial charge in [0.1, 0.15) is 5.78 Å². The molecule has 1 spiro atoms. The number of esters is 1. The van der Waals surface area contributed by atoms with E-state index in [2.05, 4.69) is 27.7 Å². The van der Waals surface area contributed by atoms with E-state index < -0.39 is 0 Å². The zero-order chi connectivity index (χ0) is 18.8. The van der Waals surface area contributed by atoms with Gasteiger partial charge in [-0.2, -0.15) is 0 Å². The molecule has 0 N–H and O–H groups in total. The Bertz CT molecular complexity index is 627. The van der Waals surface area contributed by atoms with Gasteiger partial charge in [-0.15, -0.1) is 0 Å². The summed E-state index contributed by atoms with van der Waals surface area (Å²) < 4.78 is 5.66. The van der Waals surface area contributed by atoms with Crippen molar-refractivity contribution in [3.63, 3.8) is 0 Å². The molecule has 4 aliphatic rings. The van der Waals surface area contributed by atoms with Crippen LogP contribution in [0.15, 0.2) is 0 Å². The average molecular weight is 361 g/mol. The molecule has 0 aliphatic heterocycles. The molecule has 0 amide bonds. The third kappa shape index (κ3) is 2.31. The predicted molar refractivity (Wildman–Crippen MR) is 102 cm³/mol. The lowest BCUT2D eigenvalue weighted by Gasteiger charge is -2.63. The first kappa shape index (κ1) is 18.5. The zero-order valence-electron chi connectivity index (χ0n) is 17.2. The number of hydrogen-bond acceptors (Lipinski definition) is 3. The van der Waals surface area contributed by atoms with Gasteiger partial charge in [0.2, 0.25) is 0 Å². The number of carbonyl (C=O) groups is 2. The number of carbonyl (C=O) groups excluding carboxylic acids is 2. The number of Topliss-reactive ketones (excluding diaryl/α,β-unsaturated/α-hetero) is 1. The van der Waals surface area contributed by atoms with Crippen LogP contribution >= 0.6 is 0 Å². The minimum absolute atomic E-state index is 0.0365. The van der Waals surface area contributed by atoms with Gasteiger partial charge >= 0.3 is 5.97 Å². The molecule has 26 heavy (non-hydrogen) atoms. The molecule has 4 aliphatic carbocycles. The number of fused-ring (bicyclic) bond motifs is 3. The van der Waals surface area contributed by atoms with Gasteiger partial charge in [0, 0.05) is 11.8 Å². The van der Waals surface area contributed by atoms with Crippen LogP contribution in [0.4, 0.5) is 0 Å². The average Bonchev–Trinajstić information content (AvgIpc) is 2.76. The monoisotopic (exact) mass is 360 g/mol. The molecule has 146 valence electrons. The van der Waals surface area contributed by atoms with E-state index >= 15 is 0 Å². The highest BCUT2D eigenvalue weighted by molar-refractivity contribution is 5.88. The van der Waals surface area contributed by atoms with Crippen LogP contribution in [0.1, 0.15) is 91.9 Å². The van der Waals surface area contributed by atoms with Crippen molar-refractivity contribution in [1.82, 2.24) is 0 Å². The van der Waals surface area contributed by atoms with Crippen LogP contribution in [0.3, 0.4) is 0 Å². The van der Waals surface area contributed by atoms with Gasteiger partial charge in [0.05, 0.1) is 12.0 Å². The summed E-state index contributed by atoms with van der Waals surface area (Å²) in [6, 6.07) is 0. The minimum Gasteiger partial charge on any atom is -0.465 e. The summed E-state index contributed by atoms with van der Waals surface area (Å²) >= 11 is 0. The quantitative estimate of drug-likeness (QED) is 0.640. The van der Waals surface area contributed by atoms with Crippen molar-refractivity contribution in [2.24, 2.45) is 33.5 Å². The van der Waals surface area contributed by atoms with Crippen LogP contribution < -0.4 is 0 Å². The van der Waals surface area contributed by atoms with Gasteiger partial charge in [0.25, 0.3) is 0 Å². The molecule has 0 unspecified atom stereocenters. The Morgan fingerprint density at radius 2 is 1.81 bits per heavy atom. The van der Waals surface area contributed by atoms with E-state index in [1.54, 1.807) is 0 Å². The lowest BCUT2D eigenvalue weighted by atomic mass is 9.40. The molecule has 0 radical (unpaired) electrons. The largest absolute Gasteiger partial charge is 0.465 e. The standard InChI is InChI=1S/C23H36O3/c1-5-13-26-19(25)22(4)10-6-9-21(3)16(22)8-12-23-14-18(24)20(2,15-23)11-7-17(21)23/h16-17H,5-15H2,1-4H3/t16-,17-,20-,21+,22+,23-/m0/s1. The predicted octanol–water partition coefficient (Wildman–Crippen LogP) is 5.31. The van der Waals surface area contributed by atoms with Gasteiger partial charge in [-0.05, 0) is 81.0 Å². The molecule has 6 atom stereocenters. The summed E-state index contributed by atoms with van der Waals surface area (Å²) in [4.78, 5) is 25.8. The Balaban J connectivity index is 1.66. The van der Waals surface area contributed by atoms with Crippen LogP contribution in [0.25, 0.3) is 0 Å². The van der Waals surface area contributed by atoms with Gasteiger partial charge in [-0.1, -0.05) is 27.2 Å². The molecule has 4 fully saturated rings. The third-order valence-corrected chi connectivity index (χ3v) is 9.26. The molecule has 0 heterocycles. The molecule has 4 rings (SSSR count). The third-order valence-electron chi connectivity index (χ3n) is 9.26. The Kier molecular flexibility index (Phi) is 4.14. The van der Waals surface area contributed by atoms with Gasteiger partial charge in [-0.3, -0.25) is 9.59 Å². The second-order valence-electron chi connectivity index (χ2n) is 10.8. The molecule has 4 saturated carbocycles. The highest BCUT2D eigenvalue weighted by Crippen LogP contribution is 2.73. The van der Waals surface area contributed by atoms with Crippen molar-refractivity contribution in [2.45, 2.75) is 91.9 Å². The second-order valence-corrected chi connectivity index (χ2v) is 10.8. The Labute approximate surface area is 158 Å². The van der Waals surface area contributed by atoms with Crippen molar-refractivity contribution >= 4 is 11.8 Å². The number of hydrogen-bond donors (Lipinski definition) is 0. The van der Waals surface area contributed by atoms with Crippen molar-refractivity contribution in [3.05, 3.63) is 0 Å². The Morgan fingerprint density at radius 1 is 1.08 bits per heavy atom. The van der Waals surface area contributed by atoms with Crippen LogP contribution in [0, 0.1) is 33.5 Å². The van der Waals surface area contributed by atoms with Crippen molar-refractivity contribution in [1.29, 1.82) is 0 Å². The first-order valence-electron chi connectivity index (χ1n) is 10.9. The highest BCUT2D eigenvalue weighted by Gasteiger charge is 2.68. The van der Waals surface area contributed by atoms with Crippen LogP contribution in [0.5, 0.6) is 0 Å². The summed E-state index contributed by atoms with van der Waals surface area (Å²) in [5.74, 6) is 1.56. The number of ketones is 1. The van der Waals surface area contributed by atoms with Crippen LogP contribution in [0.2, 0.25) is 0 Å². The highest BCUT2D eigenvalue weighted by atomic mass is 16.5. The fourth-order valence-electron chi connectivity index (χ4n) is 8.11. The summed E-state index contributed by atoms with van der Waals surface area (Å²) in [5.41, 5.74) is 0.00814. The first-order valence-corrected chi connectivity index (χ1v) is 10.9. The van der Waals surface area contributed by atoms with E-state index in [0.717, 1.165) is 51.4 Å². The van der Waals surface area contributed by atoms with Gasteiger partial charge < -0.3 is 4.74 Å². The van der Waals surface area contributed by atoms with E-state index in [-0.39, 0.29) is 27.6 Å². The summed E-state index contributed by atoms with van der Waals surface area (Å²) in [5, 5.41) is 0. The number of rotatable bonds is 3. The lowest BCUT2D eigenvalue weighted by Crippen LogP contribution is -2.58. The van der Waals surface area contributed by atoms with E-state index in [9.17, 15) is 9.59 Å². The SMILES string of the molecule is CCCOC(=O)[C@]1(C)CCC[C@@]2(C)[C@@H]3CC[C@@]4(C)C[C@]3(CC[C@@H]21)CC4=O. The van der Waals surface area contributed by atoms with E-state index in [0.29, 0.717) is 24.2 Å². The fraction of sp³-hybridized carbons (Fsp3) is 0.913. The fourth-order valence-corrected chi connectivity index (χ4v) is 8.11. The van der Waals surface area contributed by atoms with Crippen LogP contribution in [-0.2, 0) is 14.3 Å². The topological polar surface area (TPSA) is 43.4 Å². The van der Waals surface area contributed by atoms with Gasteiger partial charge in [0.15, 0.2) is 0 Å². The zero-order valence-corrected chi connectivity index (χ0v) is 17.2. The maximum absolute atomic E-state index is 13.0. The molecular weight excluding hydrogens is 324 g/mol. The molecule has 0 saturated heterocycles. The minimum atomic E-state index is -0.340. The van der Waals surface area contributed by atoms with Crippen molar-refractivity contribution < 1.29 is 14.3 Å². The summed E-state index contributed by atoms with van der Waals surface area (Å²) in [6.45, 7) is 9.44. The van der Waals surface area contributed by atoms with E-state index in [1.807, 2.05) is 0 Å². The maximum atomic E-state index is 13.0. The Hall–Kier alpha value is -0.860. The second kappa shape index (κ2) is 5.82. The molecule has 0 aromatic heterocycles. The number of ether oxygens (including phenoxy) is 1. The van der Waals surface area contributed by atoms with Crippen LogP contribution in [-0.4, -0.2) is 18.4 Å². The van der Waals surface area contributed by atoms with E-state index in [1.165, 1.54) is 12.8 Å². The molecule has 0 aromatic rings. The first-order chi connectivity index (χ1) is 12.2. The van der Waals surface area contributed by atoms with Crippen molar-refractivity contribution in [3.8, 4) is 0 Å². The molecule has 0 aromatic carbocycles. The van der Waals surface area contributed by atoms with Crippen molar-refractivity contribution in [2.75, 3.05) is 6.61 Å². The molecule has 3 heteroatoms. The smallest absolute Gasteiger partial charge is 0.312 e. The summed E-state index contributed by atoms with van der Waals surface area (Å²) in [7, 11) is 0. The van der Waals surface area contributed by atoms with E-state index in [4.69, 9.17) is 4.74 Å². The molecule has 2 bridgehead atoms. The maximum Gasteiger partial charge on any atom is 0.312 e. The lowest BCUT2D eigenvalue weighted by molar-refractivity contribution is -0.187.